The number of alkyl halides is 2. The van der Waals surface area contributed by atoms with Gasteiger partial charge < -0.3 is 14.8 Å². The van der Waals surface area contributed by atoms with Crippen molar-refractivity contribution < 1.29 is 27.8 Å². The summed E-state index contributed by atoms with van der Waals surface area (Å²) in [5.41, 5.74) is 0.941. The molecular formula is C25H32F2N2O4. The Labute approximate surface area is 193 Å². The molecule has 0 aromatic heterocycles. The first-order valence-corrected chi connectivity index (χ1v) is 11.5. The zero-order chi connectivity index (χ0) is 24.0. The predicted octanol–water partition coefficient (Wildman–Crippen LogP) is 5.69. The normalized spacial score (nSPS) is 21.2. The van der Waals surface area contributed by atoms with Crippen molar-refractivity contribution in [1.29, 1.82) is 0 Å². The summed E-state index contributed by atoms with van der Waals surface area (Å²) in [4.78, 5) is 26.7. The van der Waals surface area contributed by atoms with E-state index in [0.29, 0.717) is 34.9 Å². The number of allylic oxidation sites excluding steroid dienone is 1. The Hall–Kier alpha value is -2.64. The smallest absolute Gasteiger partial charge is 0.414 e. The lowest BCUT2D eigenvalue weighted by molar-refractivity contribution is -0.146. The van der Waals surface area contributed by atoms with Crippen LogP contribution < -0.4 is 5.32 Å². The average molecular weight is 463 g/mol. The summed E-state index contributed by atoms with van der Waals surface area (Å²) in [6.07, 6.45) is 3.59. The molecule has 1 aromatic carbocycles. The van der Waals surface area contributed by atoms with E-state index in [1.165, 1.54) is 12.0 Å². The number of methoxy groups -OCH3 is 1. The first-order chi connectivity index (χ1) is 15.4. The van der Waals surface area contributed by atoms with E-state index in [1.54, 1.807) is 39.0 Å². The predicted molar refractivity (Wildman–Crippen MR) is 121 cm³/mol. The number of anilines is 1. The molecule has 0 atom stereocenters. The molecule has 1 amide bonds. The number of esters is 1. The molecule has 33 heavy (non-hydrogen) atoms. The second-order valence-corrected chi connectivity index (χ2v) is 10.6. The quantitative estimate of drug-likeness (QED) is 0.569. The summed E-state index contributed by atoms with van der Waals surface area (Å²) in [6, 6.07) is 5.09. The van der Waals surface area contributed by atoms with Crippen molar-refractivity contribution in [2.75, 3.05) is 25.5 Å². The van der Waals surface area contributed by atoms with E-state index in [-0.39, 0.29) is 19.4 Å². The molecule has 8 heteroatoms. The Morgan fingerprint density at radius 2 is 1.91 bits per heavy atom. The minimum atomic E-state index is -2.68. The maximum Gasteiger partial charge on any atom is 0.414 e. The van der Waals surface area contributed by atoms with Crippen LogP contribution in [-0.4, -0.2) is 48.7 Å². The number of hydrogen-bond donors (Lipinski definition) is 1. The topological polar surface area (TPSA) is 67.9 Å². The molecule has 3 aliphatic rings. The molecule has 0 saturated heterocycles. The molecule has 0 radical (unpaired) electrons. The maximum absolute atomic E-state index is 13.9. The zero-order valence-corrected chi connectivity index (χ0v) is 19.7. The van der Waals surface area contributed by atoms with Crippen molar-refractivity contribution in [3.63, 3.8) is 0 Å². The molecule has 1 spiro atoms. The third kappa shape index (κ3) is 5.31. The molecule has 6 nitrogen and oxygen atoms in total. The number of benzene rings is 1. The lowest BCUT2D eigenvalue weighted by Gasteiger charge is -2.50. The van der Waals surface area contributed by atoms with Crippen LogP contribution in [0.5, 0.6) is 0 Å². The number of rotatable bonds is 5. The molecular weight excluding hydrogens is 430 g/mol. The minimum Gasteiger partial charge on any atom is -0.465 e. The Kier molecular flexibility index (Phi) is 5.91. The summed E-state index contributed by atoms with van der Waals surface area (Å²) in [7, 11) is 1.32. The van der Waals surface area contributed by atoms with Gasteiger partial charge in [-0.15, -0.1) is 0 Å². The van der Waals surface area contributed by atoms with Gasteiger partial charge in [0.05, 0.1) is 18.4 Å². The second-order valence-electron chi connectivity index (χ2n) is 10.6. The summed E-state index contributed by atoms with van der Waals surface area (Å²) >= 11 is 0. The molecule has 4 rings (SSSR count). The second kappa shape index (κ2) is 8.29. The number of carbonyl (C=O) groups is 2. The summed E-state index contributed by atoms with van der Waals surface area (Å²) in [5, 5.41) is 3.40. The van der Waals surface area contributed by atoms with Crippen LogP contribution in [0, 0.1) is 11.3 Å². The van der Waals surface area contributed by atoms with Gasteiger partial charge in [-0.1, -0.05) is 6.08 Å². The first-order valence-electron chi connectivity index (χ1n) is 11.5. The summed E-state index contributed by atoms with van der Waals surface area (Å²) in [5.74, 6) is -2.58. The summed E-state index contributed by atoms with van der Waals surface area (Å²) in [6.45, 7) is 6.40. The fourth-order valence-electron chi connectivity index (χ4n) is 4.62. The number of nitrogens with zero attached hydrogens (tertiary/aromatic N) is 1. The van der Waals surface area contributed by atoms with E-state index in [4.69, 9.17) is 9.47 Å². The molecule has 1 aliphatic heterocycles. The van der Waals surface area contributed by atoms with Crippen molar-refractivity contribution >= 4 is 23.4 Å². The van der Waals surface area contributed by atoms with Crippen molar-refractivity contribution in [3.05, 3.63) is 35.4 Å². The zero-order valence-electron chi connectivity index (χ0n) is 19.7. The third-order valence-electron chi connectivity index (χ3n) is 6.40. The number of halogens is 2. The van der Waals surface area contributed by atoms with Crippen molar-refractivity contribution in [1.82, 2.24) is 4.90 Å². The number of carbonyl (C=O) groups excluding carboxylic acids is 2. The van der Waals surface area contributed by atoms with Gasteiger partial charge in [0, 0.05) is 42.6 Å². The summed E-state index contributed by atoms with van der Waals surface area (Å²) < 4.78 is 38.2. The Morgan fingerprint density at radius 3 is 2.48 bits per heavy atom. The monoisotopic (exact) mass is 462 g/mol. The van der Waals surface area contributed by atoms with Gasteiger partial charge >= 0.3 is 12.1 Å². The molecule has 2 fully saturated rings. The molecule has 2 aliphatic carbocycles. The Morgan fingerprint density at radius 1 is 1.21 bits per heavy atom. The largest absolute Gasteiger partial charge is 0.465 e. The van der Waals surface area contributed by atoms with E-state index >= 15 is 0 Å². The maximum atomic E-state index is 13.9. The highest BCUT2D eigenvalue weighted by molar-refractivity contribution is 5.93. The van der Waals surface area contributed by atoms with Crippen LogP contribution in [0.15, 0.2) is 24.3 Å². The number of ether oxygens (including phenoxy) is 2. The van der Waals surface area contributed by atoms with E-state index in [1.807, 2.05) is 6.08 Å². The van der Waals surface area contributed by atoms with Gasteiger partial charge in [-0.3, -0.25) is 4.90 Å². The fraction of sp³-hybridized carbons (Fsp3) is 0.600. The number of nitrogens with one attached hydrogen (secondary N) is 1. The van der Waals surface area contributed by atoms with E-state index in [0.717, 1.165) is 19.4 Å². The Bertz CT molecular complexity index is 971. The number of amides is 1. The van der Waals surface area contributed by atoms with Gasteiger partial charge in [-0.2, -0.15) is 0 Å². The van der Waals surface area contributed by atoms with Gasteiger partial charge in [0.25, 0.3) is 0 Å². The van der Waals surface area contributed by atoms with Crippen LogP contribution in [0.25, 0.3) is 5.70 Å². The lowest BCUT2D eigenvalue weighted by Crippen LogP contribution is -2.50. The van der Waals surface area contributed by atoms with E-state index in [2.05, 4.69) is 5.32 Å². The third-order valence-corrected chi connectivity index (χ3v) is 6.40. The van der Waals surface area contributed by atoms with Crippen molar-refractivity contribution in [3.8, 4) is 0 Å². The van der Waals surface area contributed by atoms with E-state index in [9.17, 15) is 18.4 Å². The SMILES string of the molecule is COC(=O)c1ccc(C2=CC3(CCN2C(=O)OC(C)(C)C)CC(F)(F)C3)c(NCC2CC2)c1. The fourth-order valence-corrected chi connectivity index (χ4v) is 4.62. The van der Waals surface area contributed by atoms with Crippen LogP contribution in [0.2, 0.25) is 0 Å². The van der Waals surface area contributed by atoms with Crippen molar-refractivity contribution in [2.24, 2.45) is 11.3 Å². The first kappa shape index (κ1) is 23.5. The van der Waals surface area contributed by atoms with Gasteiger partial charge in [0.15, 0.2) is 0 Å². The molecule has 0 unspecified atom stereocenters. The highest BCUT2D eigenvalue weighted by Gasteiger charge is 2.57. The van der Waals surface area contributed by atoms with Crippen LogP contribution in [0.4, 0.5) is 19.3 Å². The highest BCUT2D eigenvalue weighted by atomic mass is 19.3. The Balaban J connectivity index is 1.74. The molecule has 1 heterocycles. The molecule has 2 saturated carbocycles. The standard InChI is InChI=1S/C25H32F2N2O4/c1-23(2,3)33-22(31)29-10-9-24(14-25(26,27)15-24)12-20(29)18-8-7-17(21(30)32-4)11-19(18)28-13-16-5-6-16/h7-8,11-12,16,28H,5-6,9-10,13-15H2,1-4H3. The molecule has 0 bridgehead atoms. The van der Waals surface area contributed by atoms with Crippen LogP contribution >= 0.6 is 0 Å². The van der Waals surface area contributed by atoms with Gasteiger partial charge in [-0.05, 0) is 64.2 Å². The molecule has 180 valence electrons. The van der Waals surface area contributed by atoms with Crippen LogP contribution in [0.1, 0.15) is 68.8 Å². The lowest BCUT2D eigenvalue weighted by atomic mass is 9.62. The van der Waals surface area contributed by atoms with Crippen LogP contribution in [0.3, 0.4) is 0 Å². The minimum absolute atomic E-state index is 0.225. The molecule has 1 aromatic rings. The highest BCUT2D eigenvalue weighted by Crippen LogP contribution is 2.58. The number of hydrogen-bond acceptors (Lipinski definition) is 5. The van der Waals surface area contributed by atoms with Gasteiger partial charge in [-0.25, -0.2) is 18.4 Å². The van der Waals surface area contributed by atoms with Crippen molar-refractivity contribution in [2.45, 2.75) is 64.4 Å². The molecule has 1 N–H and O–H groups in total. The van der Waals surface area contributed by atoms with Crippen LogP contribution in [-0.2, 0) is 9.47 Å². The average Bonchev–Trinajstić information content (AvgIpc) is 3.53. The van der Waals surface area contributed by atoms with Gasteiger partial charge in [0.1, 0.15) is 5.60 Å². The van der Waals surface area contributed by atoms with E-state index < -0.39 is 29.0 Å². The van der Waals surface area contributed by atoms with Gasteiger partial charge in [0.2, 0.25) is 5.92 Å².